The first kappa shape index (κ1) is 11.4. The molecular formula is C14H17NO3. The highest BCUT2D eigenvalue weighted by Crippen LogP contribution is 2.51. The summed E-state index contributed by atoms with van der Waals surface area (Å²) in [5.41, 5.74) is 0.739. The van der Waals surface area contributed by atoms with E-state index in [9.17, 15) is 4.79 Å². The maximum absolute atomic E-state index is 12.4. The normalized spacial score (nSPS) is 18.6. The summed E-state index contributed by atoms with van der Waals surface area (Å²) in [6, 6.07) is 5.84. The zero-order valence-corrected chi connectivity index (χ0v) is 10.7. The van der Waals surface area contributed by atoms with Crippen molar-refractivity contribution in [1.29, 1.82) is 0 Å². The van der Waals surface area contributed by atoms with E-state index in [1.807, 2.05) is 32.2 Å². The zero-order chi connectivity index (χ0) is 12.8. The Hall–Kier alpha value is -1.71. The lowest BCUT2D eigenvalue weighted by Gasteiger charge is -2.22. The molecule has 0 N–H and O–H groups in total. The Kier molecular flexibility index (Phi) is 2.47. The van der Waals surface area contributed by atoms with Gasteiger partial charge < -0.3 is 14.4 Å². The van der Waals surface area contributed by atoms with Crippen LogP contribution in [0.4, 0.5) is 0 Å². The molecule has 1 aliphatic heterocycles. The second-order valence-corrected chi connectivity index (χ2v) is 4.97. The number of nitrogens with zero attached hydrogens (tertiary/aromatic N) is 1. The summed E-state index contributed by atoms with van der Waals surface area (Å²) in [7, 11) is 1.86. The molecule has 1 fully saturated rings. The minimum atomic E-state index is -0.314. The molecule has 1 amide bonds. The lowest BCUT2D eigenvalue weighted by molar-refractivity contribution is -0.132. The first-order chi connectivity index (χ1) is 8.67. The van der Waals surface area contributed by atoms with Gasteiger partial charge in [-0.05, 0) is 37.5 Å². The quantitative estimate of drug-likeness (QED) is 0.819. The number of likely N-dealkylation sites (N-methyl/N-ethyl adjacent to an activating group) is 1. The molecule has 1 saturated carbocycles. The van der Waals surface area contributed by atoms with Gasteiger partial charge in [0.1, 0.15) is 0 Å². The molecule has 0 aromatic heterocycles. The Morgan fingerprint density at radius 1 is 1.33 bits per heavy atom. The van der Waals surface area contributed by atoms with Crippen LogP contribution in [0, 0.1) is 0 Å². The Morgan fingerprint density at radius 2 is 2.06 bits per heavy atom. The molecular weight excluding hydrogens is 230 g/mol. The van der Waals surface area contributed by atoms with Gasteiger partial charge in [-0.25, -0.2) is 0 Å². The van der Waals surface area contributed by atoms with Crippen molar-refractivity contribution in [2.45, 2.75) is 25.2 Å². The van der Waals surface area contributed by atoms with Crippen molar-refractivity contribution in [3.8, 4) is 11.5 Å². The van der Waals surface area contributed by atoms with Crippen LogP contribution in [0.15, 0.2) is 18.2 Å². The maximum atomic E-state index is 12.4. The van der Waals surface area contributed by atoms with E-state index in [0.717, 1.165) is 36.4 Å². The van der Waals surface area contributed by atoms with Gasteiger partial charge in [-0.3, -0.25) is 4.79 Å². The molecule has 1 aliphatic carbocycles. The standard InChI is InChI=1S/C14H17NO3/c1-3-15(2)13(16)14(6-7-14)10-4-5-11-12(8-10)18-9-17-11/h4-5,8H,3,6-7,9H2,1-2H3. The predicted molar refractivity (Wildman–Crippen MR) is 66.8 cm³/mol. The van der Waals surface area contributed by atoms with Crippen LogP contribution < -0.4 is 9.47 Å². The Morgan fingerprint density at radius 3 is 2.72 bits per heavy atom. The molecule has 3 rings (SSSR count). The van der Waals surface area contributed by atoms with Crippen molar-refractivity contribution in [3.63, 3.8) is 0 Å². The second-order valence-electron chi connectivity index (χ2n) is 4.97. The van der Waals surface area contributed by atoms with Gasteiger partial charge in [0.15, 0.2) is 11.5 Å². The molecule has 0 bridgehead atoms. The summed E-state index contributed by atoms with van der Waals surface area (Å²) >= 11 is 0. The lowest BCUT2D eigenvalue weighted by Crippen LogP contribution is -2.36. The van der Waals surface area contributed by atoms with Gasteiger partial charge in [-0.2, -0.15) is 0 Å². The van der Waals surface area contributed by atoms with Gasteiger partial charge in [0, 0.05) is 13.6 Å². The average Bonchev–Trinajstić information content (AvgIpc) is 3.08. The number of hydrogen-bond donors (Lipinski definition) is 0. The van der Waals surface area contributed by atoms with Crippen LogP contribution >= 0.6 is 0 Å². The lowest BCUT2D eigenvalue weighted by atomic mass is 9.94. The van der Waals surface area contributed by atoms with Crippen LogP contribution in [0.3, 0.4) is 0 Å². The summed E-state index contributed by atoms with van der Waals surface area (Å²) < 4.78 is 10.7. The number of rotatable bonds is 3. The minimum absolute atomic E-state index is 0.212. The zero-order valence-electron chi connectivity index (χ0n) is 10.7. The monoisotopic (exact) mass is 247 g/mol. The van der Waals surface area contributed by atoms with Crippen molar-refractivity contribution in [3.05, 3.63) is 23.8 Å². The molecule has 4 heteroatoms. The van der Waals surface area contributed by atoms with E-state index < -0.39 is 0 Å². The fraction of sp³-hybridized carbons (Fsp3) is 0.500. The number of amides is 1. The highest BCUT2D eigenvalue weighted by atomic mass is 16.7. The van der Waals surface area contributed by atoms with Gasteiger partial charge in [0.05, 0.1) is 5.41 Å². The first-order valence-electron chi connectivity index (χ1n) is 6.33. The van der Waals surface area contributed by atoms with Gasteiger partial charge in [-0.1, -0.05) is 6.07 Å². The van der Waals surface area contributed by atoms with E-state index in [1.165, 1.54) is 0 Å². The number of carbonyl (C=O) groups excluding carboxylic acids is 1. The number of benzene rings is 1. The van der Waals surface area contributed by atoms with Crippen LogP contribution in [-0.4, -0.2) is 31.2 Å². The van der Waals surface area contributed by atoms with Crippen molar-refractivity contribution >= 4 is 5.91 Å². The highest BCUT2D eigenvalue weighted by Gasteiger charge is 2.52. The smallest absolute Gasteiger partial charge is 0.232 e. The van der Waals surface area contributed by atoms with Crippen molar-refractivity contribution in [2.75, 3.05) is 20.4 Å². The number of carbonyl (C=O) groups is 1. The molecule has 0 atom stereocenters. The van der Waals surface area contributed by atoms with Gasteiger partial charge in [0.2, 0.25) is 12.7 Å². The maximum Gasteiger partial charge on any atom is 0.232 e. The third-order valence-corrected chi connectivity index (χ3v) is 3.91. The van der Waals surface area contributed by atoms with E-state index in [4.69, 9.17) is 9.47 Å². The van der Waals surface area contributed by atoms with Crippen LogP contribution in [0.1, 0.15) is 25.3 Å². The molecule has 0 radical (unpaired) electrons. The third-order valence-electron chi connectivity index (χ3n) is 3.91. The summed E-state index contributed by atoms with van der Waals surface area (Å²) in [5.74, 6) is 1.74. The fourth-order valence-electron chi connectivity index (χ4n) is 2.45. The third kappa shape index (κ3) is 1.55. The van der Waals surface area contributed by atoms with E-state index >= 15 is 0 Å². The van der Waals surface area contributed by atoms with Crippen LogP contribution in [0.25, 0.3) is 0 Å². The van der Waals surface area contributed by atoms with E-state index in [-0.39, 0.29) is 18.1 Å². The van der Waals surface area contributed by atoms with E-state index in [1.54, 1.807) is 4.90 Å². The highest BCUT2D eigenvalue weighted by molar-refractivity contribution is 5.91. The van der Waals surface area contributed by atoms with Crippen LogP contribution in [0.5, 0.6) is 11.5 Å². The number of fused-ring (bicyclic) bond motifs is 1. The Labute approximate surface area is 106 Å². The molecule has 1 heterocycles. The Balaban J connectivity index is 1.93. The van der Waals surface area contributed by atoms with Crippen molar-refractivity contribution < 1.29 is 14.3 Å². The van der Waals surface area contributed by atoms with Crippen LogP contribution in [0.2, 0.25) is 0 Å². The summed E-state index contributed by atoms with van der Waals surface area (Å²) in [6.45, 7) is 3.01. The molecule has 18 heavy (non-hydrogen) atoms. The average molecular weight is 247 g/mol. The number of ether oxygens (including phenoxy) is 2. The summed E-state index contributed by atoms with van der Waals surface area (Å²) in [4.78, 5) is 14.2. The summed E-state index contributed by atoms with van der Waals surface area (Å²) in [6.07, 6.45) is 1.85. The van der Waals surface area contributed by atoms with E-state index in [2.05, 4.69) is 0 Å². The van der Waals surface area contributed by atoms with Crippen molar-refractivity contribution in [1.82, 2.24) is 4.90 Å². The van der Waals surface area contributed by atoms with E-state index in [0.29, 0.717) is 0 Å². The molecule has 1 aromatic rings. The molecule has 1 aromatic carbocycles. The molecule has 2 aliphatic rings. The van der Waals surface area contributed by atoms with Crippen LogP contribution in [-0.2, 0) is 10.2 Å². The molecule has 0 unspecified atom stereocenters. The second kappa shape index (κ2) is 3.90. The molecule has 96 valence electrons. The largest absolute Gasteiger partial charge is 0.454 e. The van der Waals surface area contributed by atoms with Gasteiger partial charge >= 0.3 is 0 Å². The number of hydrogen-bond acceptors (Lipinski definition) is 3. The SMILES string of the molecule is CCN(C)C(=O)C1(c2ccc3c(c2)OCO3)CC1. The minimum Gasteiger partial charge on any atom is -0.454 e. The topological polar surface area (TPSA) is 38.8 Å². The predicted octanol–water partition coefficient (Wildman–Crippen LogP) is 1.93. The molecule has 0 saturated heterocycles. The summed E-state index contributed by atoms with van der Waals surface area (Å²) in [5, 5.41) is 0. The van der Waals surface area contributed by atoms with Gasteiger partial charge in [-0.15, -0.1) is 0 Å². The Bertz CT molecular complexity index is 494. The molecule has 0 spiro atoms. The molecule has 4 nitrogen and oxygen atoms in total. The fourth-order valence-corrected chi connectivity index (χ4v) is 2.45. The first-order valence-corrected chi connectivity index (χ1v) is 6.33. The van der Waals surface area contributed by atoms with Crippen molar-refractivity contribution in [2.24, 2.45) is 0 Å². The van der Waals surface area contributed by atoms with Gasteiger partial charge in [0.25, 0.3) is 0 Å².